The van der Waals surface area contributed by atoms with Crippen molar-refractivity contribution >= 4 is 28.1 Å². The fourth-order valence-electron chi connectivity index (χ4n) is 6.14. The molecular weight excluding hydrogens is 670 g/mol. The molecule has 2 heterocycles. The van der Waals surface area contributed by atoms with Crippen LogP contribution in [-0.2, 0) is 35.4 Å². The van der Waals surface area contributed by atoms with Crippen molar-refractivity contribution in [3.05, 3.63) is 60.2 Å². The Morgan fingerprint density at radius 3 is 2.44 bits per heavy atom. The first kappa shape index (κ1) is 38.8. The molecule has 0 spiro atoms. The molecule has 15 nitrogen and oxygen atoms in total. The number of aliphatic hydroxyl groups excluding tert-OH is 1. The third-order valence-corrected chi connectivity index (χ3v) is 10.5. The van der Waals surface area contributed by atoms with Crippen molar-refractivity contribution in [3.63, 3.8) is 0 Å². The quantitative estimate of drug-likeness (QED) is 0.0975. The van der Waals surface area contributed by atoms with E-state index in [4.69, 9.17) is 24.7 Å². The molecular formula is C34H49N5O10S. The summed E-state index contributed by atoms with van der Waals surface area (Å²) in [5.41, 5.74) is 3.40. The van der Waals surface area contributed by atoms with E-state index >= 15 is 0 Å². The van der Waals surface area contributed by atoms with Gasteiger partial charge in [-0.2, -0.15) is 4.72 Å². The van der Waals surface area contributed by atoms with E-state index in [2.05, 4.69) is 20.7 Å². The molecule has 2 saturated heterocycles. The van der Waals surface area contributed by atoms with Crippen LogP contribution < -0.4 is 31.1 Å². The monoisotopic (exact) mass is 719 g/mol. The molecule has 0 radical (unpaired) electrons. The van der Waals surface area contributed by atoms with Crippen LogP contribution in [0.3, 0.4) is 0 Å². The Balaban J connectivity index is 1.56. The predicted molar refractivity (Wildman–Crippen MR) is 182 cm³/mol. The summed E-state index contributed by atoms with van der Waals surface area (Å²) in [5, 5.41) is 19.8. The number of hydrogen-bond donors (Lipinski definition) is 6. The molecule has 7 N–H and O–H groups in total. The second-order valence-corrected chi connectivity index (χ2v) is 15.1. The first-order valence-electron chi connectivity index (χ1n) is 16.6. The van der Waals surface area contributed by atoms with Crippen molar-refractivity contribution in [1.29, 1.82) is 0 Å². The van der Waals surface area contributed by atoms with Gasteiger partial charge in [-0.3, -0.25) is 10.1 Å². The number of aliphatic hydroxyl groups is 1. The smallest absolute Gasteiger partial charge is 0.409 e. The maximum Gasteiger partial charge on any atom is 0.409 e. The SMILES string of the molecule is COc1ccc(S(=O)(=O)N[C@](Cc2ccccc2)(NC(=O)O[C@H]2CO[C@H]3OCC[C@H]32)[C@H](O)CCC(C)(C)CCCNC(=O)NCC(N)=O)cc1. The standard InChI is InChI=1S/C34H49N5O10S/c1-33(2,16-7-18-36-31(42)37-21-29(35)41)17-14-28(40)34(20-23-8-5-4-6-9-23,39-50(44,45)25-12-10-24(46-3)11-13-25)38-32(43)49-27-22-48-30-26(27)15-19-47-30/h4-6,8-13,26-28,30,39-40H,7,14-22H2,1-3H3,(H2,35,41)(H,38,43)(H2,36,37,42)/t26-,27-,28+,30+,34-/m0/s1. The van der Waals surface area contributed by atoms with Gasteiger partial charge in [0.1, 0.15) is 17.5 Å². The maximum absolute atomic E-state index is 14.0. The molecule has 0 saturated carbocycles. The number of sulfonamides is 1. The number of nitrogens with two attached hydrogens (primary N) is 1. The zero-order valence-corrected chi connectivity index (χ0v) is 29.5. The van der Waals surface area contributed by atoms with Crippen LogP contribution in [0.4, 0.5) is 9.59 Å². The van der Waals surface area contributed by atoms with E-state index in [1.165, 1.54) is 31.4 Å². The zero-order valence-electron chi connectivity index (χ0n) is 28.7. The van der Waals surface area contributed by atoms with Crippen LogP contribution in [0.5, 0.6) is 5.75 Å². The lowest BCUT2D eigenvalue weighted by Crippen LogP contribution is -2.68. The van der Waals surface area contributed by atoms with Crippen molar-refractivity contribution in [1.82, 2.24) is 20.7 Å². The van der Waals surface area contributed by atoms with Gasteiger partial charge in [-0.25, -0.2) is 18.0 Å². The van der Waals surface area contributed by atoms with Gasteiger partial charge in [0.2, 0.25) is 15.9 Å². The molecule has 4 rings (SSSR count). The van der Waals surface area contributed by atoms with Crippen LogP contribution in [-0.4, -0.2) is 89.1 Å². The van der Waals surface area contributed by atoms with Gasteiger partial charge in [0.05, 0.1) is 43.8 Å². The van der Waals surface area contributed by atoms with Crippen molar-refractivity contribution < 1.29 is 46.9 Å². The average Bonchev–Trinajstić information content (AvgIpc) is 3.70. The molecule has 0 unspecified atom stereocenters. The van der Waals surface area contributed by atoms with E-state index in [0.717, 1.165) is 0 Å². The molecule has 2 aromatic rings. The second kappa shape index (κ2) is 17.3. The summed E-state index contributed by atoms with van der Waals surface area (Å²) >= 11 is 0. The van der Waals surface area contributed by atoms with Gasteiger partial charge in [0.25, 0.3) is 0 Å². The minimum atomic E-state index is -4.34. The molecule has 2 aromatic carbocycles. The Kier molecular flexibility index (Phi) is 13.4. The van der Waals surface area contributed by atoms with Crippen LogP contribution in [0.15, 0.2) is 59.5 Å². The van der Waals surface area contributed by atoms with Crippen LogP contribution >= 0.6 is 0 Å². The van der Waals surface area contributed by atoms with Gasteiger partial charge in [-0.15, -0.1) is 0 Å². The minimum Gasteiger partial charge on any atom is -0.497 e. The fourth-order valence-corrected chi connectivity index (χ4v) is 7.49. The lowest BCUT2D eigenvalue weighted by molar-refractivity contribution is -0.117. The lowest BCUT2D eigenvalue weighted by Gasteiger charge is -2.40. The molecule has 5 atom stereocenters. The maximum atomic E-state index is 14.0. The van der Waals surface area contributed by atoms with Gasteiger partial charge in [-0.1, -0.05) is 44.2 Å². The van der Waals surface area contributed by atoms with Crippen molar-refractivity contribution in [2.45, 2.75) is 81.4 Å². The largest absolute Gasteiger partial charge is 0.497 e. The number of nitrogens with one attached hydrogen (secondary N) is 4. The molecule has 4 amide bonds. The lowest BCUT2D eigenvalue weighted by atomic mass is 9.80. The molecule has 0 aromatic heterocycles. The van der Waals surface area contributed by atoms with E-state index < -0.39 is 52.2 Å². The Morgan fingerprint density at radius 1 is 1.04 bits per heavy atom. The normalized spacial score (nSPS) is 20.6. The molecule has 276 valence electrons. The van der Waals surface area contributed by atoms with E-state index in [1.807, 2.05) is 19.9 Å². The topological polar surface area (TPSA) is 217 Å². The summed E-state index contributed by atoms with van der Waals surface area (Å²) < 4.78 is 52.8. The first-order valence-corrected chi connectivity index (χ1v) is 18.1. The van der Waals surface area contributed by atoms with E-state index in [1.54, 1.807) is 24.3 Å². The second-order valence-electron chi connectivity index (χ2n) is 13.4. The van der Waals surface area contributed by atoms with Crippen molar-refractivity contribution in [3.8, 4) is 5.75 Å². The van der Waals surface area contributed by atoms with Crippen LogP contribution in [0.25, 0.3) is 0 Å². The molecule has 50 heavy (non-hydrogen) atoms. The third kappa shape index (κ3) is 11.0. The van der Waals surface area contributed by atoms with Crippen LogP contribution in [0, 0.1) is 11.3 Å². The number of benzene rings is 2. The average molecular weight is 720 g/mol. The van der Waals surface area contributed by atoms with Crippen LogP contribution in [0.1, 0.15) is 51.5 Å². The highest BCUT2D eigenvalue weighted by atomic mass is 32.2. The van der Waals surface area contributed by atoms with Crippen LogP contribution in [0.2, 0.25) is 0 Å². The van der Waals surface area contributed by atoms with E-state index in [0.29, 0.717) is 50.1 Å². The Labute approximate surface area is 293 Å². The highest BCUT2D eigenvalue weighted by Crippen LogP contribution is 2.34. The predicted octanol–water partition coefficient (Wildman–Crippen LogP) is 2.13. The summed E-state index contributed by atoms with van der Waals surface area (Å²) in [6.07, 6.45) is -1.15. The summed E-state index contributed by atoms with van der Waals surface area (Å²) in [6, 6.07) is 14.2. The number of rotatable bonds is 18. The fraction of sp³-hybridized carbons (Fsp3) is 0.559. The molecule has 16 heteroatoms. The van der Waals surface area contributed by atoms with E-state index in [9.17, 15) is 27.9 Å². The number of ether oxygens (including phenoxy) is 4. The number of amides is 4. The number of carbonyl (C=O) groups excluding carboxylic acids is 3. The third-order valence-electron chi connectivity index (χ3n) is 8.98. The van der Waals surface area contributed by atoms with Gasteiger partial charge >= 0.3 is 12.1 Å². The number of methoxy groups -OCH3 is 1. The highest BCUT2D eigenvalue weighted by Gasteiger charge is 2.47. The molecule has 2 fully saturated rings. The summed E-state index contributed by atoms with van der Waals surface area (Å²) in [6.45, 7) is 4.66. The molecule has 2 aliphatic rings. The first-order chi connectivity index (χ1) is 23.7. The number of alkyl carbamates (subject to hydrolysis) is 1. The Hall–Kier alpha value is -3.96. The molecule has 0 bridgehead atoms. The number of urea groups is 1. The number of fused-ring (bicyclic) bond motifs is 1. The summed E-state index contributed by atoms with van der Waals surface area (Å²) in [4.78, 5) is 36.3. The molecule has 2 aliphatic heterocycles. The summed E-state index contributed by atoms with van der Waals surface area (Å²) in [7, 11) is -2.87. The Bertz CT molecular complexity index is 1540. The van der Waals surface area contributed by atoms with Gasteiger partial charge < -0.3 is 40.4 Å². The number of primary amides is 1. The summed E-state index contributed by atoms with van der Waals surface area (Å²) in [5.74, 6) is -0.352. The highest BCUT2D eigenvalue weighted by molar-refractivity contribution is 7.89. The minimum absolute atomic E-state index is 0.0862. The van der Waals surface area contributed by atoms with Gasteiger partial charge in [0, 0.05) is 13.0 Å². The van der Waals surface area contributed by atoms with Crippen molar-refractivity contribution in [2.24, 2.45) is 17.1 Å². The van der Waals surface area contributed by atoms with E-state index in [-0.39, 0.29) is 42.2 Å². The number of carbonyl (C=O) groups is 3. The Morgan fingerprint density at radius 2 is 1.76 bits per heavy atom. The van der Waals surface area contributed by atoms with Crippen molar-refractivity contribution in [2.75, 3.05) is 33.4 Å². The van der Waals surface area contributed by atoms with Gasteiger partial charge in [-0.05, 0) is 67.3 Å². The zero-order chi connectivity index (χ0) is 36.4. The molecule has 0 aliphatic carbocycles. The number of hydrogen-bond acceptors (Lipinski definition) is 10. The van der Waals surface area contributed by atoms with Gasteiger partial charge in [0.15, 0.2) is 6.29 Å².